The van der Waals surface area contributed by atoms with Gasteiger partial charge in [0.15, 0.2) is 11.4 Å². The normalized spacial score (nSPS) is 14.0. The third kappa shape index (κ3) is 2.43. The number of halogens is 1. The molecule has 1 aromatic rings. The number of amides is 1. The van der Waals surface area contributed by atoms with Crippen LogP contribution < -0.4 is 15.5 Å². The van der Waals surface area contributed by atoms with Crippen molar-refractivity contribution in [3.8, 4) is 5.75 Å². The molecule has 18 heavy (non-hydrogen) atoms. The summed E-state index contributed by atoms with van der Waals surface area (Å²) in [5, 5.41) is 2.72. The van der Waals surface area contributed by atoms with Crippen LogP contribution in [0, 0.1) is 0 Å². The van der Waals surface area contributed by atoms with Crippen molar-refractivity contribution < 1.29 is 9.53 Å². The van der Waals surface area contributed by atoms with Crippen molar-refractivity contribution in [1.82, 2.24) is 9.88 Å². The number of nitrogens with zero attached hydrogens (tertiary/aromatic N) is 1. The van der Waals surface area contributed by atoms with E-state index in [-0.39, 0.29) is 17.1 Å². The fourth-order valence-corrected chi connectivity index (χ4v) is 2.27. The van der Waals surface area contributed by atoms with Crippen molar-refractivity contribution in [3.05, 3.63) is 26.6 Å². The van der Waals surface area contributed by atoms with Gasteiger partial charge in [0.1, 0.15) is 0 Å². The predicted octanol–water partition coefficient (Wildman–Crippen LogP) is 1.53. The molecule has 0 atom stereocenters. The van der Waals surface area contributed by atoms with Crippen molar-refractivity contribution in [2.75, 3.05) is 13.2 Å². The quantitative estimate of drug-likeness (QED) is 0.857. The van der Waals surface area contributed by atoms with E-state index in [4.69, 9.17) is 4.74 Å². The number of unbranched alkanes of at least 4 members (excludes halogenated alkanes) is 1. The van der Waals surface area contributed by atoms with Crippen LogP contribution >= 0.6 is 15.9 Å². The van der Waals surface area contributed by atoms with Crippen LogP contribution in [0.3, 0.4) is 0 Å². The lowest BCUT2D eigenvalue weighted by atomic mass is 10.2. The molecule has 1 aliphatic rings. The standard InChI is InChI=1S/C12H15BrN2O3/c1-2-3-6-18-11-9-12(17)14-4-5-15(9)7-8(13)10(11)16/h7H,2-6H2,1H3,(H,14,17). The van der Waals surface area contributed by atoms with Crippen molar-refractivity contribution in [2.24, 2.45) is 0 Å². The monoisotopic (exact) mass is 314 g/mol. The first-order valence-electron chi connectivity index (χ1n) is 5.99. The van der Waals surface area contributed by atoms with E-state index in [0.717, 1.165) is 12.8 Å². The molecule has 1 aliphatic heterocycles. The number of ether oxygens (including phenoxy) is 1. The lowest BCUT2D eigenvalue weighted by Crippen LogP contribution is -2.38. The van der Waals surface area contributed by atoms with Gasteiger partial charge in [-0.2, -0.15) is 0 Å². The van der Waals surface area contributed by atoms with Gasteiger partial charge < -0.3 is 14.6 Å². The Morgan fingerprint density at radius 2 is 2.28 bits per heavy atom. The van der Waals surface area contributed by atoms with E-state index in [0.29, 0.717) is 29.9 Å². The predicted molar refractivity (Wildman–Crippen MR) is 71.1 cm³/mol. The molecule has 0 bridgehead atoms. The summed E-state index contributed by atoms with van der Waals surface area (Å²) < 4.78 is 7.68. The number of pyridine rings is 1. The first-order valence-corrected chi connectivity index (χ1v) is 6.78. The van der Waals surface area contributed by atoms with Gasteiger partial charge in [-0.25, -0.2) is 0 Å². The number of rotatable bonds is 4. The van der Waals surface area contributed by atoms with Crippen LogP contribution in [0.4, 0.5) is 0 Å². The van der Waals surface area contributed by atoms with Crippen LogP contribution in [0.1, 0.15) is 30.3 Å². The summed E-state index contributed by atoms with van der Waals surface area (Å²) in [6, 6.07) is 0. The number of nitrogens with one attached hydrogen (secondary N) is 1. The third-order valence-electron chi connectivity index (χ3n) is 2.79. The molecule has 0 spiro atoms. The van der Waals surface area contributed by atoms with Crippen LogP contribution in [-0.4, -0.2) is 23.6 Å². The molecule has 1 N–H and O–H groups in total. The number of hydrogen-bond donors (Lipinski definition) is 1. The minimum atomic E-state index is -0.269. The summed E-state index contributed by atoms with van der Waals surface area (Å²) in [5.41, 5.74) is 0.0555. The smallest absolute Gasteiger partial charge is 0.272 e. The molecule has 0 unspecified atom stereocenters. The molecule has 6 heteroatoms. The maximum atomic E-state index is 12.0. The molecule has 0 saturated carbocycles. The molecule has 1 amide bonds. The molecule has 98 valence electrons. The Morgan fingerprint density at radius 1 is 1.50 bits per heavy atom. The molecular weight excluding hydrogens is 300 g/mol. The minimum absolute atomic E-state index is 0.148. The summed E-state index contributed by atoms with van der Waals surface area (Å²) in [6.45, 7) is 3.70. The molecular formula is C12H15BrN2O3. The molecule has 1 aromatic heterocycles. The first kappa shape index (κ1) is 13.1. The summed E-state index contributed by atoms with van der Waals surface area (Å²) in [6.07, 6.45) is 3.47. The highest BCUT2D eigenvalue weighted by Gasteiger charge is 2.24. The van der Waals surface area contributed by atoms with Gasteiger partial charge in [-0.15, -0.1) is 0 Å². The van der Waals surface area contributed by atoms with E-state index < -0.39 is 0 Å². The van der Waals surface area contributed by atoms with E-state index in [1.165, 1.54) is 0 Å². The third-order valence-corrected chi connectivity index (χ3v) is 3.36. The fourth-order valence-electron chi connectivity index (χ4n) is 1.84. The average molecular weight is 315 g/mol. The zero-order valence-electron chi connectivity index (χ0n) is 10.2. The first-order chi connectivity index (χ1) is 8.65. The Kier molecular flexibility index (Phi) is 4.06. The van der Waals surface area contributed by atoms with Crippen LogP contribution in [0.5, 0.6) is 5.75 Å². The van der Waals surface area contributed by atoms with Crippen LogP contribution in [0.25, 0.3) is 0 Å². The topological polar surface area (TPSA) is 60.3 Å². The minimum Gasteiger partial charge on any atom is -0.487 e. The lowest BCUT2D eigenvalue weighted by molar-refractivity contribution is 0.0920. The molecule has 0 saturated heterocycles. The highest BCUT2D eigenvalue weighted by molar-refractivity contribution is 9.10. The lowest BCUT2D eigenvalue weighted by Gasteiger charge is -2.22. The van der Waals surface area contributed by atoms with Gasteiger partial charge in [-0.1, -0.05) is 13.3 Å². The van der Waals surface area contributed by atoms with Gasteiger partial charge in [-0.3, -0.25) is 9.59 Å². The average Bonchev–Trinajstić information content (AvgIpc) is 2.34. The van der Waals surface area contributed by atoms with Crippen LogP contribution in [0.15, 0.2) is 15.5 Å². The molecule has 0 fully saturated rings. The molecule has 0 radical (unpaired) electrons. The van der Waals surface area contributed by atoms with Gasteiger partial charge in [0, 0.05) is 19.3 Å². The van der Waals surface area contributed by atoms with Crippen molar-refractivity contribution in [1.29, 1.82) is 0 Å². The number of carbonyl (C=O) groups is 1. The second-order valence-electron chi connectivity index (χ2n) is 4.14. The largest absolute Gasteiger partial charge is 0.487 e. The van der Waals surface area contributed by atoms with Gasteiger partial charge in [0.2, 0.25) is 5.43 Å². The summed E-state index contributed by atoms with van der Waals surface area (Å²) in [4.78, 5) is 23.9. The van der Waals surface area contributed by atoms with Gasteiger partial charge in [0.25, 0.3) is 5.91 Å². The highest BCUT2D eigenvalue weighted by Crippen LogP contribution is 2.20. The maximum Gasteiger partial charge on any atom is 0.272 e. The fraction of sp³-hybridized carbons (Fsp3) is 0.500. The second-order valence-corrected chi connectivity index (χ2v) is 4.99. The van der Waals surface area contributed by atoms with Gasteiger partial charge >= 0.3 is 0 Å². The van der Waals surface area contributed by atoms with Crippen LogP contribution in [-0.2, 0) is 6.54 Å². The van der Waals surface area contributed by atoms with Crippen LogP contribution in [0.2, 0.25) is 0 Å². The maximum absolute atomic E-state index is 12.0. The number of aromatic nitrogens is 1. The Morgan fingerprint density at radius 3 is 3.00 bits per heavy atom. The second kappa shape index (κ2) is 5.56. The van der Waals surface area contributed by atoms with Crippen molar-refractivity contribution >= 4 is 21.8 Å². The van der Waals surface area contributed by atoms with E-state index >= 15 is 0 Å². The Hall–Kier alpha value is -1.30. The van der Waals surface area contributed by atoms with Gasteiger partial charge in [-0.05, 0) is 22.4 Å². The van der Waals surface area contributed by atoms with Crippen molar-refractivity contribution in [3.63, 3.8) is 0 Å². The van der Waals surface area contributed by atoms with E-state index in [1.807, 2.05) is 6.92 Å². The molecule has 0 aliphatic carbocycles. The Balaban J connectivity index is 2.44. The summed E-state index contributed by atoms with van der Waals surface area (Å²) in [5.74, 6) is -0.104. The molecule has 2 rings (SSSR count). The zero-order valence-corrected chi connectivity index (χ0v) is 11.7. The van der Waals surface area contributed by atoms with Gasteiger partial charge in [0.05, 0.1) is 11.1 Å². The zero-order chi connectivity index (χ0) is 13.1. The molecule has 0 aromatic carbocycles. The number of hydrogen-bond acceptors (Lipinski definition) is 3. The Bertz CT molecular complexity index is 525. The molecule has 2 heterocycles. The van der Waals surface area contributed by atoms with Crippen molar-refractivity contribution in [2.45, 2.75) is 26.3 Å². The molecule has 5 nitrogen and oxygen atoms in total. The van der Waals surface area contributed by atoms with E-state index in [2.05, 4.69) is 21.2 Å². The SMILES string of the molecule is CCCCOc1c2n(cc(Br)c1=O)CCNC2=O. The number of fused-ring (bicyclic) bond motifs is 1. The van der Waals surface area contributed by atoms with E-state index in [9.17, 15) is 9.59 Å². The summed E-state index contributed by atoms with van der Waals surface area (Å²) >= 11 is 3.21. The summed E-state index contributed by atoms with van der Waals surface area (Å²) in [7, 11) is 0. The highest BCUT2D eigenvalue weighted by atomic mass is 79.9. The Labute approximate surface area is 113 Å². The number of carbonyl (C=O) groups excluding carboxylic acids is 1. The van der Waals surface area contributed by atoms with E-state index in [1.54, 1.807) is 10.8 Å².